The molecule has 0 amide bonds. The molecule has 0 atom stereocenters. The summed E-state index contributed by atoms with van der Waals surface area (Å²) in [4.78, 5) is 7.92. The van der Waals surface area contributed by atoms with Crippen molar-refractivity contribution in [2.45, 2.75) is 26.9 Å². The van der Waals surface area contributed by atoms with E-state index in [1.807, 2.05) is 26.0 Å². The Balaban J connectivity index is 0.00000155. The molecular formula is C22H27FN4O3. The molecule has 0 aliphatic rings. The molecule has 7 nitrogen and oxygen atoms in total. The molecule has 0 aliphatic heterocycles. The first-order valence-electron chi connectivity index (χ1n) is 9.49. The monoisotopic (exact) mass is 414 g/mol. The predicted molar refractivity (Wildman–Crippen MR) is 115 cm³/mol. The number of nitrogens with two attached hydrogens (primary N) is 2. The molecule has 0 fully saturated rings. The van der Waals surface area contributed by atoms with Crippen molar-refractivity contribution in [2.24, 2.45) is 0 Å². The van der Waals surface area contributed by atoms with Gasteiger partial charge in [-0.25, -0.2) is 9.37 Å². The second-order valence-electron chi connectivity index (χ2n) is 6.05. The Morgan fingerprint density at radius 2 is 1.70 bits per heavy atom. The summed E-state index contributed by atoms with van der Waals surface area (Å²) < 4.78 is 30.2. The van der Waals surface area contributed by atoms with E-state index in [0.717, 1.165) is 11.1 Å². The topological polar surface area (TPSA) is 106 Å². The van der Waals surface area contributed by atoms with Crippen LogP contribution in [0.15, 0.2) is 42.6 Å². The van der Waals surface area contributed by atoms with E-state index in [-0.39, 0.29) is 12.6 Å². The second kappa shape index (κ2) is 10.8. The fourth-order valence-corrected chi connectivity index (χ4v) is 2.66. The molecule has 3 rings (SSSR count). The molecule has 0 saturated heterocycles. The number of aromatic nitrogens is 2. The smallest absolute Gasteiger partial charge is 0.221 e. The van der Waals surface area contributed by atoms with E-state index >= 15 is 0 Å². The molecule has 0 bridgehead atoms. The van der Waals surface area contributed by atoms with Crippen LogP contribution >= 0.6 is 0 Å². The van der Waals surface area contributed by atoms with Crippen molar-refractivity contribution in [1.82, 2.24) is 9.97 Å². The number of nitrogens with zero attached hydrogens (tertiary/aromatic N) is 2. The fourth-order valence-electron chi connectivity index (χ4n) is 2.66. The molecule has 0 radical (unpaired) electrons. The molecular weight excluding hydrogens is 387 g/mol. The number of methoxy groups -OCH3 is 2. The van der Waals surface area contributed by atoms with E-state index in [1.165, 1.54) is 13.2 Å². The van der Waals surface area contributed by atoms with Crippen LogP contribution in [0.25, 0.3) is 0 Å². The third kappa shape index (κ3) is 5.73. The minimum absolute atomic E-state index is 0.0598. The number of ether oxygens (including phenoxy) is 3. The number of hydrogen-bond donors (Lipinski definition) is 2. The Morgan fingerprint density at radius 3 is 2.33 bits per heavy atom. The third-order valence-corrected chi connectivity index (χ3v) is 4.18. The Hall–Kier alpha value is -3.55. The summed E-state index contributed by atoms with van der Waals surface area (Å²) in [6.07, 6.45) is 2.11. The Kier molecular flexibility index (Phi) is 8.22. The molecule has 4 N–H and O–H groups in total. The van der Waals surface area contributed by atoms with Crippen molar-refractivity contribution >= 4 is 11.8 Å². The van der Waals surface area contributed by atoms with Crippen molar-refractivity contribution < 1.29 is 18.6 Å². The molecule has 8 heteroatoms. The van der Waals surface area contributed by atoms with E-state index in [4.69, 9.17) is 25.7 Å². The maximum absolute atomic E-state index is 14.1. The van der Waals surface area contributed by atoms with Crippen LogP contribution in [0.1, 0.15) is 30.5 Å². The van der Waals surface area contributed by atoms with Gasteiger partial charge in [0.25, 0.3) is 0 Å². The van der Waals surface area contributed by atoms with Crippen LogP contribution in [0.5, 0.6) is 17.2 Å². The Bertz CT molecular complexity index is 983. The minimum atomic E-state index is -0.395. The molecule has 0 saturated carbocycles. The lowest BCUT2D eigenvalue weighted by molar-refractivity contribution is 0.279. The van der Waals surface area contributed by atoms with Crippen molar-refractivity contribution in [3.8, 4) is 17.2 Å². The van der Waals surface area contributed by atoms with Gasteiger partial charge in [-0.1, -0.05) is 19.9 Å². The zero-order valence-electron chi connectivity index (χ0n) is 17.6. The molecule has 1 heterocycles. The van der Waals surface area contributed by atoms with Crippen LogP contribution < -0.4 is 25.7 Å². The third-order valence-electron chi connectivity index (χ3n) is 4.18. The summed E-state index contributed by atoms with van der Waals surface area (Å²) in [6, 6.07) is 10.1. The highest BCUT2D eigenvalue weighted by atomic mass is 19.1. The van der Waals surface area contributed by atoms with Crippen LogP contribution in [-0.2, 0) is 13.0 Å². The summed E-state index contributed by atoms with van der Waals surface area (Å²) in [5.41, 5.74) is 13.5. The number of anilines is 2. The van der Waals surface area contributed by atoms with Gasteiger partial charge in [0.15, 0.2) is 11.5 Å². The maximum Gasteiger partial charge on any atom is 0.221 e. The van der Waals surface area contributed by atoms with Gasteiger partial charge in [-0.3, -0.25) is 0 Å². The fraction of sp³-hybridized carbons (Fsp3) is 0.273. The van der Waals surface area contributed by atoms with Crippen molar-refractivity contribution in [2.75, 3.05) is 25.7 Å². The van der Waals surface area contributed by atoms with Crippen molar-refractivity contribution in [3.05, 3.63) is 65.1 Å². The normalized spacial score (nSPS) is 10.0. The van der Waals surface area contributed by atoms with E-state index in [9.17, 15) is 4.39 Å². The van der Waals surface area contributed by atoms with Gasteiger partial charge in [0.05, 0.1) is 14.2 Å². The van der Waals surface area contributed by atoms with Gasteiger partial charge in [-0.05, 0) is 29.8 Å². The van der Waals surface area contributed by atoms with Gasteiger partial charge in [-0.15, -0.1) is 0 Å². The summed E-state index contributed by atoms with van der Waals surface area (Å²) in [7, 11) is 3.03. The van der Waals surface area contributed by atoms with Crippen LogP contribution in [0.4, 0.5) is 16.2 Å². The van der Waals surface area contributed by atoms with Gasteiger partial charge in [0.2, 0.25) is 5.95 Å². The van der Waals surface area contributed by atoms with Gasteiger partial charge in [0.1, 0.15) is 24.0 Å². The molecule has 0 unspecified atom stereocenters. The van der Waals surface area contributed by atoms with E-state index in [0.29, 0.717) is 35.1 Å². The van der Waals surface area contributed by atoms with Crippen LogP contribution in [0.2, 0.25) is 0 Å². The van der Waals surface area contributed by atoms with Crippen LogP contribution in [0.3, 0.4) is 0 Å². The zero-order valence-corrected chi connectivity index (χ0v) is 17.6. The second-order valence-corrected chi connectivity index (χ2v) is 6.05. The summed E-state index contributed by atoms with van der Waals surface area (Å²) in [5.74, 6) is 1.56. The predicted octanol–water partition coefficient (Wildman–Crippen LogP) is 3.99. The number of halogens is 1. The van der Waals surface area contributed by atoms with Crippen molar-refractivity contribution in [1.29, 1.82) is 0 Å². The number of benzene rings is 2. The quantitative estimate of drug-likeness (QED) is 0.602. The first kappa shape index (κ1) is 22.7. The van der Waals surface area contributed by atoms with E-state index in [1.54, 1.807) is 31.5 Å². The minimum Gasteiger partial charge on any atom is -0.497 e. The van der Waals surface area contributed by atoms with Crippen LogP contribution in [0, 0.1) is 5.82 Å². The van der Waals surface area contributed by atoms with E-state index < -0.39 is 5.82 Å². The molecule has 0 spiro atoms. The van der Waals surface area contributed by atoms with Gasteiger partial charge in [-0.2, -0.15) is 4.98 Å². The van der Waals surface area contributed by atoms with Gasteiger partial charge < -0.3 is 25.7 Å². The molecule has 0 aliphatic carbocycles. The lowest BCUT2D eigenvalue weighted by Gasteiger charge is -2.13. The zero-order chi connectivity index (χ0) is 22.1. The average molecular weight is 414 g/mol. The maximum atomic E-state index is 14.1. The lowest BCUT2D eigenvalue weighted by atomic mass is 10.1. The molecule has 3 aromatic rings. The van der Waals surface area contributed by atoms with Crippen LogP contribution in [-0.4, -0.2) is 24.2 Å². The summed E-state index contributed by atoms with van der Waals surface area (Å²) in [6.45, 7) is 4.06. The average Bonchev–Trinajstić information content (AvgIpc) is 2.76. The summed E-state index contributed by atoms with van der Waals surface area (Å²) in [5, 5.41) is 0. The summed E-state index contributed by atoms with van der Waals surface area (Å²) >= 11 is 0. The number of hydrogen-bond acceptors (Lipinski definition) is 7. The Morgan fingerprint density at radius 1 is 0.933 bits per heavy atom. The SMILES string of the molecule is CC.COc1ccc(COc2ccc(Cc3cnc(N)nc3N)cc2OC)c(F)c1. The molecule has 30 heavy (non-hydrogen) atoms. The first-order valence-corrected chi connectivity index (χ1v) is 9.49. The highest BCUT2D eigenvalue weighted by molar-refractivity contribution is 5.48. The Labute approximate surface area is 175 Å². The van der Waals surface area contributed by atoms with Crippen molar-refractivity contribution in [3.63, 3.8) is 0 Å². The molecule has 1 aromatic heterocycles. The van der Waals surface area contributed by atoms with Gasteiger partial charge in [0, 0.05) is 29.8 Å². The van der Waals surface area contributed by atoms with E-state index in [2.05, 4.69) is 9.97 Å². The number of rotatable bonds is 7. The molecule has 2 aromatic carbocycles. The van der Waals surface area contributed by atoms with Gasteiger partial charge >= 0.3 is 0 Å². The largest absolute Gasteiger partial charge is 0.497 e. The highest BCUT2D eigenvalue weighted by Gasteiger charge is 2.11. The first-order chi connectivity index (χ1) is 14.5. The lowest BCUT2D eigenvalue weighted by Crippen LogP contribution is -2.04. The highest BCUT2D eigenvalue weighted by Crippen LogP contribution is 2.30. The number of nitrogen functional groups attached to an aromatic ring is 2. The standard InChI is InChI=1S/C20H21FN4O3.C2H6/c1-26-15-5-4-13(16(21)9-15)11-28-17-6-3-12(8-18(17)27-2)7-14-10-24-20(23)25-19(14)22;1-2/h3-6,8-10H,7,11H2,1-2H3,(H4,22,23,24,25);1-2H3. The molecule has 160 valence electrons.